The van der Waals surface area contributed by atoms with Gasteiger partial charge in [0, 0.05) is 49.9 Å². The van der Waals surface area contributed by atoms with Gasteiger partial charge in [-0.2, -0.15) is 9.97 Å². The predicted octanol–water partition coefficient (Wildman–Crippen LogP) is 4.76. The number of imidazole rings is 1. The summed E-state index contributed by atoms with van der Waals surface area (Å²) in [6, 6.07) is 12.4. The maximum absolute atomic E-state index is 12.0. The zero-order valence-corrected chi connectivity index (χ0v) is 24.9. The van der Waals surface area contributed by atoms with Crippen molar-refractivity contribution in [1.82, 2.24) is 19.5 Å². The number of nitro benzene ring substituents is 2. The largest absolute Gasteiger partial charge is 0.476 e. The van der Waals surface area contributed by atoms with Crippen molar-refractivity contribution in [1.29, 1.82) is 0 Å². The van der Waals surface area contributed by atoms with Gasteiger partial charge in [-0.15, -0.1) is 0 Å². The number of non-ortho nitro benzene ring substituents is 2. The fourth-order valence-electron chi connectivity index (χ4n) is 5.22. The van der Waals surface area contributed by atoms with Gasteiger partial charge in [-0.3, -0.25) is 29.6 Å². The maximum atomic E-state index is 12.0. The minimum atomic E-state index is -0.699. The molecule has 0 N–H and O–H groups in total. The van der Waals surface area contributed by atoms with E-state index in [9.17, 15) is 25.0 Å². The summed E-state index contributed by atoms with van der Waals surface area (Å²) in [4.78, 5) is 46.5. The summed E-state index contributed by atoms with van der Waals surface area (Å²) < 4.78 is 25.6. The number of esters is 1. The molecule has 1 aliphatic rings. The van der Waals surface area contributed by atoms with E-state index in [0.29, 0.717) is 30.4 Å². The number of benzene rings is 2. The Morgan fingerprint density at radius 2 is 1.51 bits per heavy atom. The second-order valence-electron chi connectivity index (χ2n) is 10.6. The lowest BCUT2D eigenvalue weighted by Crippen LogP contribution is -2.29. The third kappa shape index (κ3) is 7.15. The molecule has 5 rings (SSSR count). The molecule has 1 saturated heterocycles. The highest BCUT2D eigenvalue weighted by molar-refractivity contribution is 5.77. The number of hydrogen-bond donors (Lipinski definition) is 0. The zero-order valence-electron chi connectivity index (χ0n) is 24.9. The normalized spacial score (nSPS) is 19.4. The van der Waals surface area contributed by atoms with E-state index in [1.807, 2.05) is 13.8 Å². The average Bonchev–Trinajstić information content (AvgIpc) is 3.57. The molecule has 0 saturated carbocycles. The average molecular weight is 621 g/mol. The van der Waals surface area contributed by atoms with Gasteiger partial charge in [-0.25, -0.2) is 4.98 Å². The Morgan fingerprint density at radius 1 is 0.933 bits per heavy atom. The van der Waals surface area contributed by atoms with Crippen LogP contribution in [-0.2, 0) is 27.1 Å². The third-order valence-electron chi connectivity index (χ3n) is 7.59. The monoisotopic (exact) mass is 620 g/mol. The highest BCUT2D eigenvalue weighted by Gasteiger charge is 2.45. The summed E-state index contributed by atoms with van der Waals surface area (Å²) in [6.45, 7) is 5.67. The Bertz CT molecular complexity index is 1680. The van der Waals surface area contributed by atoms with Gasteiger partial charge in [0.05, 0.1) is 35.5 Å². The van der Waals surface area contributed by atoms with Crippen LogP contribution in [0.5, 0.6) is 11.9 Å². The molecule has 3 heterocycles. The molecule has 0 aliphatic carbocycles. The molecular weight excluding hydrogens is 588 g/mol. The van der Waals surface area contributed by atoms with Crippen molar-refractivity contribution in [3.63, 3.8) is 0 Å². The van der Waals surface area contributed by atoms with E-state index in [1.54, 1.807) is 28.8 Å². The van der Waals surface area contributed by atoms with Crippen LogP contribution < -0.4 is 9.47 Å². The van der Waals surface area contributed by atoms with Crippen molar-refractivity contribution in [2.24, 2.45) is 5.92 Å². The van der Waals surface area contributed by atoms with Crippen LogP contribution >= 0.6 is 0 Å². The van der Waals surface area contributed by atoms with E-state index in [-0.39, 0.29) is 48.5 Å². The molecule has 236 valence electrons. The molecule has 0 radical (unpaired) electrons. The van der Waals surface area contributed by atoms with Gasteiger partial charge >= 0.3 is 12.0 Å². The van der Waals surface area contributed by atoms with E-state index >= 15 is 0 Å². The van der Waals surface area contributed by atoms with Gasteiger partial charge in [-0.05, 0) is 17.5 Å². The lowest BCUT2D eigenvalue weighted by molar-refractivity contribution is -0.385. The van der Waals surface area contributed by atoms with Gasteiger partial charge in [0.25, 0.3) is 11.4 Å². The van der Waals surface area contributed by atoms with Crippen molar-refractivity contribution in [2.75, 3.05) is 13.2 Å². The molecule has 1 unspecified atom stereocenters. The second kappa shape index (κ2) is 13.6. The van der Waals surface area contributed by atoms with Crippen LogP contribution in [0.1, 0.15) is 44.5 Å². The number of hydrogen-bond acceptors (Lipinski definition) is 12. The minimum absolute atomic E-state index is 0.000877. The summed E-state index contributed by atoms with van der Waals surface area (Å²) in [5.41, 5.74) is 2.36. The van der Waals surface area contributed by atoms with Crippen LogP contribution in [0.4, 0.5) is 11.4 Å². The molecule has 0 bridgehead atoms. The first-order chi connectivity index (χ1) is 21.6. The number of nitro groups is 2. The van der Waals surface area contributed by atoms with Gasteiger partial charge < -0.3 is 18.9 Å². The minimum Gasteiger partial charge on any atom is -0.476 e. The second-order valence-corrected chi connectivity index (χ2v) is 10.6. The fourth-order valence-corrected chi connectivity index (χ4v) is 5.22. The van der Waals surface area contributed by atoms with Gasteiger partial charge in [0.15, 0.2) is 23.5 Å². The quantitative estimate of drug-likeness (QED) is 0.114. The topological polar surface area (TPSA) is 184 Å². The number of ether oxygens (including phenoxy) is 4. The summed E-state index contributed by atoms with van der Waals surface area (Å²) in [5.74, 6) is -0.354. The van der Waals surface area contributed by atoms with Crippen molar-refractivity contribution in [2.45, 2.75) is 58.5 Å². The molecule has 4 atom stereocenters. The summed E-state index contributed by atoms with van der Waals surface area (Å²) in [6.07, 6.45) is 1.68. The van der Waals surface area contributed by atoms with Crippen LogP contribution in [0.3, 0.4) is 0 Å². The van der Waals surface area contributed by atoms with Crippen LogP contribution in [-0.4, -0.2) is 60.8 Å². The number of nitrogens with zero attached hydrogens (tertiary/aromatic N) is 6. The Kier molecular flexibility index (Phi) is 9.47. The number of rotatable bonds is 13. The Balaban J connectivity index is 1.40. The van der Waals surface area contributed by atoms with Crippen molar-refractivity contribution in [3.05, 3.63) is 86.2 Å². The van der Waals surface area contributed by atoms with Crippen LogP contribution in [0.25, 0.3) is 11.2 Å². The van der Waals surface area contributed by atoms with Crippen molar-refractivity contribution < 1.29 is 33.6 Å². The van der Waals surface area contributed by atoms with Gasteiger partial charge in [0.1, 0.15) is 0 Å². The van der Waals surface area contributed by atoms with E-state index < -0.39 is 28.1 Å². The first kappa shape index (κ1) is 31.3. The van der Waals surface area contributed by atoms with Gasteiger partial charge in [-0.1, -0.05) is 38.1 Å². The van der Waals surface area contributed by atoms with Gasteiger partial charge in [0.2, 0.25) is 5.88 Å². The van der Waals surface area contributed by atoms with E-state index in [2.05, 4.69) is 15.0 Å². The molecule has 0 spiro atoms. The summed E-state index contributed by atoms with van der Waals surface area (Å²) in [5, 5.41) is 21.9. The Labute approximate surface area is 257 Å². The van der Waals surface area contributed by atoms with Crippen LogP contribution in [0.15, 0.2) is 54.9 Å². The lowest BCUT2D eigenvalue weighted by atomic mass is 9.98. The predicted molar refractivity (Wildman–Crippen MR) is 159 cm³/mol. The summed E-state index contributed by atoms with van der Waals surface area (Å²) in [7, 11) is 0. The smallest absolute Gasteiger partial charge is 0.321 e. The molecule has 15 heteroatoms. The molecule has 2 aromatic carbocycles. The number of carbonyl (C=O) groups excluding carboxylic acids is 1. The maximum Gasteiger partial charge on any atom is 0.321 e. The first-order valence-electron chi connectivity index (χ1n) is 14.4. The van der Waals surface area contributed by atoms with E-state index in [4.69, 9.17) is 18.9 Å². The molecule has 1 fully saturated rings. The number of carbonyl (C=O) groups is 1. The summed E-state index contributed by atoms with van der Waals surface area (Å²) >= 11 is 0. The third-order valence-corrected chi connectivity index (χ3v) is 7.59. The highest BCUT2D eigenvalue weighted by Crippen LogP contribution is 2.39. The molecule has 0 amide bonds. The van der Waals surface area contributed by atoms with E-state index in [1.165, 1.54) is 37.5 Å². The van der Waals surface area contributed by atoms with Crippen LogP contribution in [0, 0.1) is 26.1 Å². The lowest BCUT2D eigenvalue weighted by Gasteiger charge is -2.22. The molecular formula is C30H32N6O9. The molecule has 1 aliphatic heterocycles. The van der Waals surface area contributed by atoms with Crippen LogP contribution in [0.2, 0.25) is 0 Å². The SMILES string of the molecule is CC[C@H]1O[C@@H](n2cnc3c(OCCc4ccc([N+](=O)[O-])cc4)nc(OCCc4ccc([N+](=O)[O-])cc4)nc32)C(OC(C)=O)[C@H]1C. The van der Waals surface area contributed by atoms with E-state index in [0.717, 1.165) is 11.1 Å². The fraction of sp³-hybridized carbons (Fsp3) is 0.400. The first-order valence-corrected chi connectivity index (χ1v) is 14.4. The number of aromatic nitrogens is 4. The standard InChI is InChI=1S/C30H32N6O9/c1-4-24-18(2)26(44-19(3)37)29(45-24)34-17-31-25-27(34)32-30(43-16-14-21-7-11-23(12-8-21)36(40)41)33-28(25)42-15-13-20-5-9-22(10-6-20)35(38)39/h5-12,17-18,24,26,29H,4,13-16H2,1-3H3/t18-,24+,26?,29+/m0/s1. The Hall–Kier alpha value is -5.18. The highest BCUT2D eigenvalue weighted by atomic mass is 16.6. The molecule has 15 nitrogen and oxygen atoms in total. The molecule has 2 aromatic heterocycles. The van der Waals surface area contributed by atoms with Crippen molar-refractivity contribution in [3.8, 4) is 11.9 Å². The molecule has 4 aromatic rings. The number of fused-ring (bicyclic) bond motifs is 1. The van der Waals surface area contributed by atoms with Crippen molar-refractivity contribution >= 4 is 28.5 Å². The Morgan fingerprint density at radius 3 is 2.04 bits per heavy atom. The molecule has 45 heavy (non-hydrogen) atoms. The zero-order chi connectivity index (χ0) is 32.1.